The lowest BCUT2D eigenvalue weighted by Crippen LogP contribution is -2.23. The minimum Gasteiger partial charge on any atom is -0.465 e. The third-order valence-electron chi connectivity index (χ3n) is 2.21. The first kappa shape index (κ1) is 13.8. The molecule has 5 heteroatoms. The Hall–Kier alpha value is -1.23. The first-order valence-corrected chi connectivity index (χ1v) is 6.58. The highest BCUT2D eigenvalue weighted by atomic mass is 32.2. The molecule has 0 fully saturated rings. The fraction of sp³-hybridized carbons (Fsp3) is 0.500. The van der Waals surface area contributed by atoms with Crippen molar-refractivity contribution in [1.29, 1.82) is 0 Å². The molecule has 0 saturated heterocycles. The van der Waals surface area contributed by atoms with Crippen LogP contribution < -0.4 is 0 Å². The summed E-state index contributed by atoms with van der Waals surface area (Å²) in [6.07, 6.45) is 1.45. The zero-order valence-electron chi connectivity index (χ0n) is 10.5. The van der Waals surface area contributed by atoms with E-state index in [9.17, 15) is 9.00 Å². The summed E-state index contributed by atoms with van der Waals surface area (Å²) in [4.78, 5) is 15.3. The largest absolute Gasteiger partial charge is 0.465 e. The van der Waals surface area contributed by atoms with Crippen LogP contribution >= 0.6 is 0 Å². The molecule has 1 heterocycles. The van der Waals surface area contributed by atoms with Crippen LogP contribution in [0.5, 0.6) is 0 Å². The van der Waals surface area contributed by atoms with E-state index in [0.29, 0.717) is 17.0 Å². The molecule has 0 aromatic carbocycles. The van der Waals surface area contributed by atoms with E-state index >= 15 is 0 Å². The van der Waals surface area contributed by atoms with Crippen molar-refractivity contribution < 1.29 is 13.7 Å². The zero-order valence-corrected chi connectivity index (χ0v) is 11.3. The van der Waals surface area contributed by atoms with Gasteiger partial charge in [-0.1, -0.05) is 0 Å². The van der Waals surface area contributed by atoms with Gasteiger partial charge in [-0.05, 0) is 32.9 Å². The van der Waals surface area contributed by atoms with E-state index in [1.807, 2.05) is 20.8 Å². The molecule has 0 N–H and O–H groups in total. The Morgan fingerprint density at radius 3 is 2.47 bits per heavy atom. The van der Waals surface area contributed by atoms with Crippen LogP contribution in [0.25, 0.3) is 0 Å². The molecule has 0 aliphatic heterocycles. The normalized spacial score (nSPS) is 13.2. The van der Waals surface area contributed by atoms with Gasteiger partial charge in [0.25, 0.3) is 0 Å². The molecule has 1 aromatic heterocycles. The van der Waals surface area contributed by atoms with Crippen molar-refractivity contribution in [3.05, 3.63) is 29.6 Å². The zero-order chi connectivity index (χ0) is 13.1. The van der Waals surface area contributed by atoms with Crippen molar-refractivity contribution in [3.63, 3.8) is 0 Å². The van der Waals surface area contributed by atoms with Crippen LogP contribution in [0.4, 0.5) is 0 Å². The van der Waals surface area contributed by atoms with E-state index < -0.39 is 16.8 Å². The van der Waals surface area contributed by atoms with Gasteiger partial charge in [0.15, 0.2) is 0 Å². The molecule has 4 nitrogen and oxygen atoms in total. The highest BCUT2D eigenvalue weighted by molar-refractivity contribution is 7.85. The molecule has 0 bridgehead atoms. The molecule has 1 aromatic rings. The van der Waals surface area contributed by atoms with Gasteiger partial charge in [0.1, 0.15) is 0 Å². The Morgan fingerprint density at radius 1 is 1.41 bits per heavy atom. The molecule has 0 aliphatic rings. The predicted molar refractivity (Wildman–Crippen MR) is 67.2 cm³/mol. The SMILES string of the molecule is COC(=O)c1ccc(CS(=O)C(C)(C)C)nc1. The topological polar surface area (TPSA) is 56.3 Å². The third kappa shape index (κ3) is 3.93. The average molecular weight is 255 g/mol. The van der Waals surface area contributed by atoms with Crippen molar-refractivity contribution in [1.82, 2.24) is 4.98 Å². The summed E-state index contributed by atoms with van der Waals surface area (Å²) in [5.74, 6) is -0.0219. The summed E-state index contributed by atoms with van der Waals surface area (Å²) < 4.78 is 16.2. The first-order valence-electron chi connectivity index (χ1n) is 5.26. The summed E-state index contributed by atoms with van der Waals surface area (Å²) in [6.45, 7) is 5.77. The molecular weight excluding hydrogens is 238 g/mol. The lowest BCUT2D eigenvalue weighted by atomic mass is 10.2. The minimum absolute atomic E-state index is 0.261. The highest BCUT2D eigenvalue weighted by Crippen LogP contribution is 2.15. The Morgan fingerprint density at radius 2 is 2.06 bits per heavy atom. The van der Waals surface area contributed by atoms with E-state index in [4.69, 9.17) is 0 Å². The summed E-state index contributed by atoms with van der Waals surface area (Å²) in [5, 5.41) is 0. The number of carbonyl (C=O) groups excluding carboxylic acids is 1. The van der Waals surface area contributed by atoms with Crippen LogP contribution in [0.3, 0.4) is 0 Å². The van der Waals surface area contributed by atoms with Crippen LogP contribution in [-0.2, 0) is 21.3 Å². The fourth-order valence-electron chi connectivity index (χ4n) is 1.10. The van der Waals surface area contributed by atoms with Crippen molar-refractivity contribution in [3.8, 4) is 0 Å². The molecule has 17 heavy (non-hydrogen) atoms. The van der Waals surface area contributed by atoms with Gasteiger partial charge < -0.3 is 4.74 Å². The van der Waals surface area contributed by atoms with Crippen LogP contribution in [0.15, 0.2) is 18.3 Å². The number of hydrogen-bond acceptors (Lipinski definition) is 4. The molecule has 0 spiro atoms. The van der Waals surface area contributed by atoms with E-state index in [1.54, 1.807) is 12.1 Å². The number of hydrogen-bond donors (Lipinski definition) is 0. The minimum atomic E-state index is -0.986. The second kappa shape index (κ2) is 5.40. The molecule has 94 valence electrons. The average Bonchev–Trinajstić information content (AvgIpc) is 2.27. The molecule has 0 radical (unpaired) electrons. The standard InChI is InChI=1S/C12H17NO3S/c1-12(2,3)17(15)8-10-6-5-9(7-13-10)11(14)16-4/h5-7H,8H2,1-4H3. The van der Waals surface area contributed by atoms with Crippen LogP contribution in [0.1, 0.15) is 36.8 Å². The number of methoxy groups -OCH3 is 1. The molecule has 1 unspecified atom stereocenters. The summed E-state index contributed by atoms with van der Waals surface area (Å²) in [7, 11) is 0.338. The van der Waals surface area contributed by atoms with Crippen molar-refractivity contribution >= 4 is 16.8 Å². The first-order chi connectivity index (χ1) is 7.84. The molecular formula is C12H17NO3S. The van der Waals surface area contributed by atoms with E-state index in [1.165, 1.54) is 13.3 Å². The number of ether oxygens (including phenoxy) is 1. The van der Waals surface area contributed by atoms with Gasteiger partial charge in [0.05, 0.1) is 24.1 Å². The smallest absolute Gasteiger partial charge is 0.339 e. The number of esters is 1. The number of pyridine rings is 1. The molecule has 1 rings (SSSR count). The number of aromatic nitrogens is 1. The Labute approximate surface area is 104 Å². The quantitative estimate of drug-likeness (QED) is 0.774. The van der Waals surface area contributed by atoms with Crippen molar-refractivity contribution in [2.24, 2.45) is 0 Å². The third-order valence-corrected chi connectivity index (χ3v) is 4.13. The summed E-state index contributed by atoms with van der Waals surface area (Å²) >= 11 is 0. The van der Waals surface area contributed by atoms with Crippen LogP contribution in [-0.4, -0.2) is 27.0 Å². The second-order valence-corrected chi connectivity index (χ2v) is 6.84. The Kier molecular flexibility index (Phi) is 4.40. The van der Waals surface area contributed by atoms with Crippen LogP contribution in [0.2, 0.25) is 0 Å². The lowest BCUT2D eigenvalue weighted by molar-refractivity contribution is 0.0600. The van der Waals surface area contributed by atoms with Gasteiger partial charge in [0.2, 0.25) is 0 Å². The fourth-order valence-corrected chi connectivity index (χ4v) is 1.97. The van der Waals surface area contributed by atoms with Gasteiger partial charge in [-0.15, -0.1) is 0 Å². The number of rotatable bonds is 3. The van der Waals surface area contributed by atoms with Gasteiger partial charge in [-0.2, -0.15) is 0 Å². The van der Waals surface area contributed by atoms with E-state index in [0.717, 1.165) is 0 Å². The van der Waals surface area contributed by atoms with Gasteiger partial charge in [0, 0.05) is 21.7 Å². The number of carbonyl (C=O) groups is 1. The lowest BCUT2D eigenvalue weighted by Gasteiger charge is -2.17. The van der Waals surface area contributed by atoms with Gasteiger partial charge in [-0.25, -0.2) is 4.79 Å². The summed E-state index contributed by atoms with van der Waals surface area (Å²) in [6, 6.07) is 3.34. The Bertz CT molecular complexity index is 420. The highest BCUT2D eigenvalue weighted by Gasteiger charge is 2.20. The molecule has 0 aliphatic carbocycles. The van der Waals surface area contributed by atoms with E-state index in [2.05, 4.69) is 9.72 Å². The van der Waals surface area contributed by atoms with Crippen LogP contribution in [0, 0.1) is 0 Å². The monoisotopic (exact) mass is 255 g/mol. The maximum absolute atomic E-state index is 11.9. The predicted octanol–water partition coefficient (Wildman–Crippen LogP) is 1.92. The summed E-state index contributed by atoms with van der Waals surface area (Å²) in [5.41, 5.74) is 1.11. The van der Waals surface area contributed by atoms with Crippen molar-refractivity contribution in [2.45, 2.75) is 31.3 Å². The van der Waals surface area contributed by atoms with Crippen molar-refractivity contribution in [2.75, 3.05) is 7.11 Å². The van der Waals surface area contributed by atoms with Gasteiger partial charge in [-0.3, -0.25) is 9.19 Å². The number of nitrogens with zero attached hydrogens (tertiary/aromatic N) is 1. The van der Waals surface area contributed by atoms with E-state index in [-0.39, 0.29) is 4.75 Å². The maximum atomic E-state index is 11.9. The Balaban J connectivity index is 2.76. The molecule has 0 saturated carbocycles. The van der Waals surface area contributed by atoms with Gasteiger partial charge >= 0.3 is 5.97 Å². The maximum Gasteiger partial charge on any atom is 0.339 e. The second-order valence-electron chi connectivity index (χ2n) is 4.63. The molecule has 1 atom stereocenters. The molecule has 0 amide bonds.